The van der Waals surface area contributed by atoms with Crippen molar-refractivity contribution in [1.29, 1.82) is 5.26 Å². The topological polar surface area (TPSA) is 101 Å². The number of halogens is 4. The van der Waals surface area contributed by atoms with E-state index in [1.165, 1.54) is 21.8 Å². The number of alkyl halides is 2. The summed E-state index contributed by atoms with van der Waals surface area (Å²) in [5.41, 5.74) is 9.45. The van der Waals surface area contributed by atoms with Crippen LogP contribution in [-0.2, 0) is 7.05 Å². The molecule has 0 saturated carbocycles. The maximum Gasteiger partial charge on any atom is 0.282 e. The molecule has 2 aromatic carbocycles. The monoisotopic (exact) mass is 508 g/mol. The third-order valence-corrected chi connectivity index (χ3v) is 6.63. The number of nitrogen functional groups attached to an aromatic ring is 1. The van der Waals surface area contributed by atoms with Crippen LogP contribution in [0.2, 0.25) is 5.02 Å². The molecule has 1 saturated heterocycles. The van der Waals surface area contributed by atoms with Gasteiger partial charge in [-0.2, -0.15) is 10.4 Å². The summed E-state index contributed by atoms with van der Waals surface area (Å²) < 4.78 is 45.9. The number of rotatable bonds is 3. The summed E-state index contributed by atoms with van der Waals surface area (Å²) in [6.07, 6.45) is 4.78. The minimum absolute atomic E-state index is 0.0967. The molecule has 0 radical (unpaired) electrons. The number of imidazole rings is 1. The molecule has 12 heteroatoms. The van der Waals surface area contributed by atoms with E-state index in [1.807, 2.05) is 22.6 Å². The van der Waals surface area contributed by atoms with E-state index in [0.717, 1.165) is 5.52 Å². The largest absolute Gasteiger partial charge is 0.382 e. The Kier molecular flexibility index (Phi) is 4.68. The number of hydrogen-bond acceptors (Lipinski definition) is 6. The van der Waals surface area contributed by atoms with Crippen molar-refractivity contribution in [2.45, 2.75) is 5.92 Å². The first-order chi connectivity index (χ1) is 17.2. The van der Waals surface area contributed by atoms with E-state index in [1.54, 1.807) is 25.6 Å². The Balaban J connectivity index is 1.57. The zero-order valence-corrected chi connectivity index (χ0v) is 19.4. The van der Waals surface area contributed by atoms with Crippen LogP contribution < -0.4 is 10.6 Å². The number of nitrogens with two attached hydrogens (primary N) is 1. The number of fused-ring (bicyclic) bond motifs is 3. The molecule has 0 amide bonds. The number of aromatic nitrogens is 5. The van der Waals surface area contributed by atoms with Crippen LogP contribution in [-0.4, -0.2) is 43.2 Å². The van der Waals surface area contributed by atoms with E-state index in [-0.39, 0.29) is 27.5 Å². The number of benzene rings is 2. The van der Waals surface area contributed by atoms with Crippen molar-refractivity contribution in [3.63, 3.8) is 0 Å². The molecule has 180 valence electrons. The lowest BCUT2D eigenvalue weighted by Gasteiger charge is -2.41. The highest BCUT2D eigenvalue weighted by Crippen LogP contribution is 2.44. The molecule has 1 fully saturated rings. The van der Waals surface area contributed by atoms with Gasteiger partial charge in [-0.3, -0.25) is 9.08 Å². The number of hydrogen-bond donors (Lipinski definition) is 1. The van der Waals surface area contributed by atoms with E-state index in [0.29, 0.717) is 28.0 Å². The molecule has 2 N–H and O–H groups in total. The zero-order valence-electron chi connectivity index (χ0n) is 18.7. The van der Waals surface area contributed by atoms with Crippen molar-refractivity contribution >= 4 is 39.7 Å². The molecule has 3 aromatic heterocycles. The van der Waals surface area contributed by atoms with E-state index in [9.17, 15) is 14.0 Å². The van der Waals surface area contributed by atoms with Crippen LogP contribution in [0.1, 0.15) is 5.56 Å². The summed E-state index contributed by atoms with van der Waals surface area (Å²) in [7, 11) is 1.60. The molecule has 0 bridgehead atoms. The number of anilines is 2. The van der Waals surface area contributed by atoms with Gasteiger partial charge in [-0.05, 0) is 23.8 Å². The van der Waals surface area contributed by atoms with Crippen LogP contribution in [0.15, 0.2) is 43.0 Å². The first kappa shape index (κ1) is 22.2. The Morgan fingerprint density at radius 1 is 1.17 bits per heavy atom. The average molecular weight is 509 g/mol. The lowest BCUT2D eigenvalue weighted by atomic mass is 9.94. The Morgan fingerprint density at radius 3 is 2.67 bits per heavy atom. The SMILES string of the molecule is Cn1ncc(-c2ccc3c(c2)nc(N)c2cncn23)c1-c1c(F)c(Cl)cc(N2CC(F)(F)C2)c1C#N. The molecule has 36 heavy (non-hydrogen) atoms. The van der Waals surface area contributed by atoms with E-state index in [4.69, 9.17) is 17.3 Å². The standard InChI is InChI=1S/C24H16ClF3N8/c1-34-22(20-13(6-29)18(5-15(25)21(20)26)35-9-24(27,28)10-35)14(7-32-34)12-2-3-17-16(4-12)33-23(30)19-8-31-11-36(17)19/h2-5,7-8,11H,9-10H2,1H3,(H2,30,33). The normalized spacial score (nSPS) is 14.8. The van der Waals surface area contributed by atoms with Crippen molar-refractivity contribution in [2.24, 2.45) is 7.05 Å². The summed E-state index contributed by atoms with van der Waals surface area (Å²) in [6, 6.07) is 8.62. The van der Waals surface area contributed by atoms with Crippen molar-refractivity contribution in [2.75, 3.05) is 23.7 Å². The van der Waals surface area contributed by atoms with Gasteiger partial charge in [-0.25, -0.2) is 23.1 Å². The minimum Gasteiger partial charge on any atom is -0.382 e. The first-order valence-corrected chi connectivity index (χ1v) is 11.2. The molecule has 0 aliphatic carbocycles. The lowest BCUT2D eigenvalue weighted by molar-refractivity contribution is -0.0262. The van der Waals surface area contributed by atoms with Crippen molar-refractivity contribution in [1.82, 2.24) is 24.1 Å². The lowest BCUT2D eigenvalue weighted by Crippen LogP contribution is -2.56. The van der Waals surface area contributed by atoms with Gasteiger partial charge in [0.15, 0.2) is 5.82 Å². The fourth-order valence-corrected chi connectivity index (χ4v) is 4.87. The fraction of sp³-hybridized carbons (Fsp3) is 0.167. The number of nitriles is 1. The summed E-state index contributed by atoms with van der Waals surface area (Å²) >= 11 is 6.19. The Bertz CT molecular complexity index is 1740. The second-order valence-corrected chi connectivity index (χ2v) is 9.05. The van der Waals surface area contributed by atoms with Gasteiger partial charge in [0.25, 0.3) is 5.92 Å². The van der Waals surface area contributed by atoms with Gasteiger partial charge < -0.3 is 10.6 Å². The first-order valence-electron chi connectivity index (χ1n) is 10.8. The highest BCUT2D eigenvalue weighted by Gasteiger charge is 2.45. The van der Waals surface area contributed by atoms with Gasteiger partial charge in [0.05, 0.1) is 70.4 Å². The second-order valence-electron chi connectivity index (χ2n) is 8.65. The van der Waals surface area contributed by atoms with Crippen LogP contribution in [0.5, 0.6) is 0 Å². The summed E-state index contributed by atoms with van der Waals surface area (Å²) in [6.45, 7) is -1.16. The maximum atomic E-state index is 15.5. The molecule has 0 spiro atoms. The van der Waals surface area contributed by atoms with Gasteiger partial charge in [0, 0.05) is 12.6 Å². The van der Waals surface area contributed by atoms with Gasteiger partial charge in [0.1, 0.15) is 17.4 Å². The number of aryl methyl sites for hydroxylation is 1. The van der Waals surface area contributed by atoms with E-state index in [2.05, 4.69) is 15.1 Å². The van der Waals surface area contributed by atoms with Gasteiger partial charge in [0.2, 0.25) is 0 Å². The van der Waals surface area contributed by atoms with Crippen LogP contribution >= 0.6 is 11.6 Å². The van der Waals surface area contributed by atoms with Crippen LogP contribution in [0, 0.1) is 17.1 Å². The van der Waals surface area contributed by atoms with Crippen molar-refractivity contribution in [3.8, 4) is 28.5 Å². The minimum atomic E-state index is -2.88. The van der Waals surface area contributed by atoms with Crippen LogP contribution in [0.3, 0.4) is 0 Å². The molecular formula is C24H16ClF3N8. The predicted molar refractivity (Wildman–Crippen MR) is 129 cm³/mol. The maximum absolute atomic E-state index is 15.5. The van der Waals surface area contributed by atoms with Crippen molar-refractivity contribution < 1.29 is 13.2 Å². The molecular weight excluding hydrogens is 493 g/mol. The molecule has 0 unspecified atom stereocenters. The number of nitrogens with zero attached hydrogens (tertiary/aromatic N) is 7. The molecule has 0 atom stereocenters. The highest BCUT2D eigenvalue weighted by molar-refractivity contribution is 6.31. The summed E-state index contributed by atoms with van der Waals surface area (Å²) in [5, 5.41) is 14.0. The molecule has 6 rings (SSSR count). The molecule has 8 nitrogen and oxygen atoms in total. The molecule has 4 heterocycles. The second kappa shape index (κ2) is 7.60. The third kappa shape index (κ3) is 3.18. The fourth-order valence-electron chi connectivity index (χ4n) is 4.67. The smallest absolute Gasteiger partial charge is 0.282 e. The van der Waals surface area contributed by atoms with Crippen LogP contribution in [0.25, 0.3) is 38.9 Å². The van der Waals surface area contributed by atoms with E-state index < -0.39 is 24.8 Å². The summed E-state index contributed by atoms with van der Waals surface area (Å²) in [4.78, 5) is 9.90. The Labute approximate surface area is 207 Å². The van der Waals surface area contributed by atoms with Gasteiger partial charge in [-0.15, -0.1) is 0 Å². The Hall–Kier alpha value is -4.30. The van der Waals surface area contributed by atoms with E-state index >= 15 is 4.39 Å². The van der Waals surface area contributed by atoms with Crippen LogP contribution in [0.4, 0.5) is 24.7 Å². The van der Waals surface area contributed by atoms with Crippen molar-refractivity contribution in [3.05, 3.63) is 59.4 Å². The van der Waals surface area contributed by atoms with Gasteiger partial charge in [-0.1, -0.05) is 17.7 Å². The highest BCUT2D eigenvalue weighted by atomic mass is 35.5. The molecule has 1 aliphatic rings. The predicted octanol–water partition coefficient (Wildman–Crippen LogP) is 4.65. The molecule has 1 aliphatic heterocycles. The molecule has 5 aromatic rings. The zero-order chi connectivity index (χ0) is 25.4. The summed E-state index contributed by atoms with van der Waals surface area (Å²) in [5.74, 6) is -3.42. The van der Waals surface area contributed by atoms with Gasteiger partial charge >= 0.3 is 0 Å². The third-order valence-electron chi connectivity index (χ3n) is 6.36. The average Bonchev–Trinajstić information content (AvgIpc) is 3.46. The quantitative estimate of drug-likeness (QED) is 0.380. The Morgan fingerprint density at radius 2 is 1.94 bits per heavy atom.